The van der Waals surface area contributed by atoms with E-state index in [9.17, 15) is 24.0 Å². The summed E-state index contributed by atoms with van der Waals surface area (Å²) in [5.41, 5.74) is 1.62. The molecule has 8 nitrogen and oxygen atoms in total. The average molecular weight is 595 g/mol. The molecule has 4 amide bonds. The summed E-state index contributed by atoms with van der Waals surface area (Å²) in [6.45, 7) is 3.51. The molecule has 1 atom stereocenters. The highest BCUT2D eigenvalue weighted by Gasteiger charge is 2.45. The summed E-state index contributed by atoms with van der Waals surface area (Å²) in [7, 11) is 1.21. The molecule has 220 valence electrons. The van der Waals surface area contributed by atoms with Crippen molar-refractivity contribution in [3.8, 4) is 0 Å². The third kappa shape index (κ3) is 3.56. The van der Waals surface area contributed by atoms with Crippen LogP contribution in [-0.4, -0.2) is 52.5 Å². The Morgan fingerprint density at radius 2 is 1.11 bits per heavy atom. The first-order valence-electron chi connectivity index (χ1n) is 14.8. The standard InChI is InChI=1S/C37H26N2O6/c1-18(2)32(37(44)45-3)39-35(42)26-15-13-24-30-25(14-16-27(31(26)30)36(39)43)34(41)38(33(24)40)17-22-10-9-21-8-7-19-5-4-6-20-11-12-23(22)29(21)28(19)20/h4-16,18,32H,17H2,1-3H3/t32-/m0/s1. The Morgan fingerprint density at radius 3 is 1.64 bits per heavy atom. The Bertz CT molecular complexity index is 2250. The van der Waals surface area contributed by atoms with Gasteiger partial charge >= 0.3 is 5.97 Å². The number of benzene rings is 6. The molecule has 0 saturated carbocycles. The van der Waals surface area contributed by atoms with Crippen LogP contribution in [0.3, 0.4) is 0 Å². The summed E-state index contributed by atoms with van der Waals surface area (Å²) in [5, 5.41) is 7.06. The predicted molar refractivity (Wildman–Crippen MR) is 169 cm³/mol. The first-order valence-corrected chi connectivity index (χ1v) is 14.8. The smallest absolute Gasteiger partial charge is 0.329 e. The fourth-order valence-electron chi connectivity index (χ4n) is 7.24. The van der Waals surface area contributed by atoms with Gasteiger partial charge in [-0.05, 0) is 68.1 Å². The van der Waals surface area contributed by atoms with Gasteiger partial charge in [0.2, 0.25) is 0 Å². The molecule has 6 aromatic rings. The molecule has 2 heterocycles. The second-order valence-electron chi connectivity index (χ2n) is 12.0. The summed E-state index contributed by atoms with van der Waals surface area (Å²) in [6.07, 6.45) is 0. The SMILES string of the molecule is COC(=O)[C@H](C(C)C)N1C(=O)c2ccc3c4c(ccc(c24)C1=O)C(=O)N(Cc1ccc2ccc4cccc5ccc1c2c45)C3=O. The van der Waals surface area contributed by atoms with Gasteiger partial charge < -0.3 is 4.74 Å². The molecule has 45 heavy (non-hydrogen) atoms. The molecule has 0 fully saturated rings. The van der Waals surface area contributed by atoms with Crippen molar-refractivity contribution in [2.24, 2.45) is 5.92 Å². The van der Waals surface area contributed by atoms with Gasteiger partial charge in [0.15, 0.2) is 0 Å². The maximum Gasteiger partial charge on any atom is 0.329 e. The zero-order chi connectivity index (χ0) is 31.3. The molecule has 0 unspecified atom stereocenters. The van der Waals surface area contributed by atoms with E-state index in [0.29, 0.717) is 0 Å². The molecular formula is C37H26N2O6. The Kier molecular flexibility index (Phi) is 5.65. The van der Waals surface area contributed by atoms with Gasteiger partial charge in [-0.3, -0.25) is 29.0 Å². The molecule has 2 aliphatic rings. The van der Waals surface area contributed by atoms with E-state index in [2.05, 4.69) is 30.3 Å². The summed E-state index contributed by atoms with van der Waals surface area (Å²) in [4.78, 5) is 70.4. The molecule has 8 rings (SSSR count). The quantitative estimate of drug-likeness (QED) is 0.131. The minimum absolute atomic E-state index is 0.0527. The number of carbonyl (C=O) groups is 5. The molecule has 0 aromatic heterocycles. The van der Waals surface area contributed by atoms with Crippen molar-refractivity contribution in [2.75, 3.05) is 7.11 Å². The van der Waals surface area contributed by atoms with Crippen LogP contribution >= 0.6 is 0 Å². The normalized spacial score (nSPS) is 15.4. The molecule has 8 heteroatoms. The van der Waals surface area contributed by atoms with Gasteiger partial charge in [0.05, 0.1) is 13.7 Å². The number of esters is 1. The Balaban J connectivity index is 1.24. The highest BCUT2D eigenvalue weighted by atomic mass is 16.5. The molecule has 0 bridgehead atoms. The monoisotopic (exact) mass is 594 g/mol. The Hall–Kier alpha value is -5.63. The average Bonchev–Trinajstić information content (AvgIpc) is 3.05. The van der Waals surface area contributed by atoms with Gasteiger partial charge in [-0.2, -0.15) is 0 Å². The molecule has 0 spiro atoms. The van der Waals surface area contributed by atoms with Gasteiger partial charge in [-0.15, -0.1) is 0 Å². The summed E-state index contributed by atoms with van der Waals surface area (Å²) in [5.74, 6) is -3.45. The van der Waals surface area contributed by atoms with Crippen molar-refractivity contribution < 1.29 is 28.7 Å². The summed E-state index contributed by atoms with van der Waals surface area (Å²) >= 11 is 0. The van der Waals surface area contributed by atoms with Gasteiger partial charge in [0.25, 0.3) is 23.6 Å². The van der Waals surface area contributed by atoms with Gasteiger partial charge in [-0.25, -0.2) is 4.79 Å². The van der Waals surface area contributed by atoms with E-state index in [4.69, 9.17) is 4.74 Å². The number of carbonyl (C=O) groups excluding carboxylic acids is 5. The predicted octanol–water partition coefficient (Wildman–Crippen LogP) is 6.33. The van der Waals surface area contributed by atoms with Crippen LogP contribution in [0.15, 0.2) is 78.9 Å². The van der Waals surface area contributed by atoms with Crippen LogP contribution < -0.4 is 0 Å². The number of hydrogen-bond donors (Lipinski definition) is 0. The van der Waals surface area contributed by atoms with Crippen molar-refractivity contribution in [1.29, 1.82) is 0 Å². The second-order valence-corrected chi connectivity index (χ2v) is 12.0. The largest absolute Gasteiger partial charge is 0.467 e. The van der Waals surface area contributed by atoms with E-state index in [1.54, 1.807) is 13.8 Å². The van der Waals surface area contributed by atoms with E-state index in [1.165, 1.54) is 36.3 Å². The van der Waals surface area contributed by atoms with Gasteiger partial charge in [0, 0.05) is 33.0 Å². The molecule has 2 aliphatic heterocycles. The summed E-state index contributed by atoms with van der Waals surface area (Å²) < 4.78 is 4.92. The highest BCUT2D eigenvalue weighted by molar-refractivity contribution is 6.33. The lowest BCUT2D eigenvalue weighted by molar-refractivity contribution is -0.146. The van der Waals surface area contributed by atoms with Gasteiger partial charge in [0.1, 0.15) is 6.04 Å². The van der Waals surface area contributed by atoms with Crippen molar-refractivity contribution in [1.82, 2.24) is 9.80 Å². The number of hydrogen-bond acceptors (Lipinski definition) is 6. The molecule has 0 radical (unpaired) electrons. The zero-order valence-corrected chi connectivity index (χ0v) is 24.7. The third-order valence-electron chi connectivity index (χ3n) is 9.31. The van der Waals surface area contributed by atoms with E-state index >= 15 is 0 Å². The van der Waals surface area contributed by atoms with E-state index in [0.717, 1.165) is 42.8 Å². The van der Waals surface area contributed by atoms with Crippen LogP contribution in [0.25, 0.3) is 43.1 Å². The lowest BCUT2D eigenvalue weighted by atomic mass is 9.84. The first kappa shape index (κ1) is 27.0. The number of imide groups is 2. The fraction of sp³-hybridized carbons (Fsp3) is 0.162. The fourth-order valence-corrected chi connectivity index (χ4v) is 7.24. The Labute approximate surface area is 257 Å². The molecule has 0 N–H and O–H groups in total. The van der Waals surface area contributed by atoms with Crippen molar-refractivity contribution >= 4 is 72.7 Å². The molecule has 6 aromatic carbocycles. The molecular weight excluding hydrogens is 568 g/mol. The van der Waals surface area contributed by atoms with Gasteiger partial charge in [-0.1, -0.05) is 68.4 Å². The third-order valence-corrected chi connectivity index (χ3v) is 9.31. The van der Waals surface area contributed by atoms with E-state index < -0.39 is 41.6 Å². The molecule has 0 saturated heterocycles. The first-order chi connectivity index (χ1) is 21.7. The number of amides is 4. The second kappa shape index (κ2) is 9.43. The number of methoxy groups -OCH3 is 1. The lowest BCUT2D eigenvalue weighted by Crippen LogP contribution is -2.53. The van der Waals surface area contributed by atoms with E-state index in [-0.39, 0.29) is 39.6 Å². The lowest BCUT2D eigenvalue weighted by Gasteiger charge is -2.35. The number of ether oxygens (including phenoxy) is 1. The maximum absolute atomic E-state index is 14.0. The van der Waals surface area contributed by atoms with Crippen molar-refractivity contribution in [3.63, 3.8) is 0 Å². The molecule has 0 aliphatic carbocycles. The van der Waals surface area contributed by atoms with Crippen LogP contribution in [0.5, 0.6) is 0 Å². The number of rotatable bonds is 5. The summed E-state index contributed by atoms with van der Waals surface area (Å²) in [6, 6.07) is 23.4. The van der Waals surface area contributed by atoms with Crippen molar-refractivity contribution in [3.05, 3.63) is 107 Å². The zero-order valence-electron chi connectivity index (χ0n) is 24.7. The maximum atomic E-state index is 14.0. The van der Waals surface area contributed by atoms with E-state index in [1.807, 2.05) is 24.3 Å². The number of nitrogens with zero attached hydrogens (tertiary/aromatic N) is 2. The minimum Gasteiger partial charge on any atom is -0.467 e. The van der Waals surface area contributed by atoms with Crippen LogP contribution in [0, 0.1) is 5.92 Å². The van der Waals surface area contributed by atoms with Crippen LogP contribution in [0.2, 0.25) is 0 Å². The van der Waals surface area contributed by atoms with Crippen LogP contribution in [0.4, 0.5) is 0 Å². The Morgan fingerprint density at radius 1 is 0.622 bits per heavy atom. The van der Waals surface area contributed by atoms with Crippen molar-refractivity contribution in [2.45, 2.75) is 26.4 Å². The van der Waals surface area contributed by atoms with Crippen LogP contribution in [-0.2, 0) is 16.1 Å². The minimum atomic E-state index is -1.13. The highest BCUT2D eigenvalue weighted by Crippen LogP contribution is 2.41. The van der Waals surface area contributed by atoms with Crippen LogP contribution in [0.1, 0.15) is 60.8 Å². The topological polar surface area (TPSA) is 101 Å².